The molecule has 0 atom stereocenters. The molecule has 0 aliphatic carbocycles. The molecule has 0 bridgehead atoms. The monoisotopic (exact) mass is 394 g/mol. The van der Waals surface area contributed by atoms with E-state index in [1.807, 2.05) is 13.8 Å². The lowest BCUT2D eigenvalue weighted by Gasteiger charge is -2.21. The number of carbonyl (C=O) groups excluding carboxylic acids is 2. The number of rotatable bonds is 6. The van der Waals surface area contributed by atoms with Gasteiger partial charge in [-0.25, -0.2) is 0 Å². The minimum absolute atomic E-state index is 0.0552. The maximum atomic E-state index is 12.3. The largest absolute Gasteiger partial charge is 0.491 e. The van der Waals surface area contributed by atoms with E-state index in [-0.39, 0.29) is 24.5 Å². The summed E-state index contributed by atoms with van der Waals surface area (Å²) >= 11 is 11.9. The fraction of sp³-hybridized carbons (Fsp3) is 0.263. The standard InChI is InChI=1S/C19H20Cl2N2O3/c1-12(2)26-16-7-5-15(6-8-16)23(13(3)24)11-19(25)22-18-9-4-14(20)10-17(18)21/h4-10,12H,11H2,1-3H3,(H,22,25). The molecule has 7 heteroatoms. The van der Waals surface area contributed by atoms with Gasteiger partial charge >= 0.3 is 0 Å². The van der Waals surface area contributed by atoms with Crippen LogP contribution in [0.2, 0.25) is 10.0 Å². The number of hydrogen-bond acceptors (Lipinski definition) is 3. The van der Waals surface area contributed by atoms with Gasteiger partial charge in [-0.3, -0.25) is 9.59 Å². The first kappa shape index (κ1) is 20.1. The molecule has 1 N–H and O–H groups in total. The van der Waals surface area contributed by atoms with E-state index in [2.05, 4.69) is 5.32 Å². The van der Waals surface area contributed by atoms with Crippen LogP contribution in [0.3, 0.4) is 0 Å². The molecule has 0 aliphatic rings. The number of benzene rings is 2. The lowest BCUT2D eigenvalue weighted by Crippen LogP contribution is -2.36. The molecule has 0 unspecified atom stereocenters. The zero-order valence-electron chi connectivity index (χ0n) is 14.8. The highest BCUT2D eigenvalue weighted by atomic mass is 35.5. The average molecular weight is 395 g/mol. The van der Waals surface area contributed by atoms with Gasteiger partial charge in [0, 0.05) is 17.6 Å². The van der Waals surface area contributed by atoms with E-state index in [4.69, 9.17) is 27.9 Å². The van der Waals surface area contributed by atoms with Crippen molar-refractivity contribution >= 4 is 46.4 Å². The predicted octanol–water partition coefficient (Wildman–Crippen LogP) is 4.77. The van der Waals surface area contributed by atoms with Crippen molar-refractivity contribution in [1.29, 1.82) is 0 Å². The molecule has 5 nitrogen and oxygen atoms in total. The second-order valence-electron chi connectivity index (χ2n) is 5.94. The highest BCUT2D eigenvalue weighted by molar-refractivity contribution is 6.36. The van der Waals surface area contributed by atoms with E-state index in [9.17, 15) is 9.59 Å². The third kappa shape index (κ3) is 5.64. The molecule has 0 fully saturated rings. The van der Waals surface area contributed by atoms with Crippen LogP contribution < -0.4 is 15.0 Å². The normalized spacial score (nSPS) is 10.5. The van der Waals surface area contributed by atoms with Crippen molar-refractivity contribution < 1.29 is 14.3 Å². The predicted molar refractivity (Wildman–Crippen MR) is 105 cm³/mol. The lowest BCUT2D eigenvalue weighted by molar-refractivity contribution is -0.120. The van der Waals surface area contributed by atoms with Gasteiger partial charge in [0.25, 0.3) is 0 Å². The number of hydrogen-bond donors (Lipinski definition) is 1. The molecule has 2 rings (SSSR count). The van der Waals surface area contributed by atoms with E-state index in [1.165, 1.54) is 17.9 Å². The molecule has 0 heterocycles. The van der Waals surface area contributed by atoms with Gasteiger partial charge in [-0.1, -0.05) is 23.2 Å². The molecule has 0 radical (unpaired) electrons. The number of nitrogens with zero attached hydrogens (tertiary/aromatic N) is 1. The number of ether oxygens (including phenoxy) is 1. The van der Waals surface area contributed by atoms with Crippen LogP contribution in [0.4, 0.5) is 11.4 Å². The Balaban J connectivity index is 2.09. The molecular weight excluding hydrogens is 375 g/mol. The second kappa shape index (κ2) is 8.92. The maximum absolute atomic E-state index is 12.3. The topological polar surface area (TPSA) is 58.6 Å². The average Bonchev–Trinajstić information content (AvgIpc) is 2.55. The summed E-state index contributed by atoms with van der Waals surface area (Å²) in [7, 11) is 0. The molecule has 0 aromatic heterocycles. The summed E-state index contributed by atoms with van der Waals surface area (Å²) in [4.78, 5) is 25.7. The van der Waals surface area contributed by atoms with Crippen molar-refractivity contribution in [2.75, 3.05) is 16.8 Å². The summed E-state index contributed by atoms with van der Waals surface area (Å²) in [6, 6.07) is 11.8. The molecular formula is C19H20Cl2N2O3. The molecule has 0 spiro atoms. The summed E-state index contributed by atoms with van der Waals surface area (Å²) < 4.78 is 5.58. The van der Waals surface area contributed by atoms with Gasteiger partial charge in [0.2, 0.25) is 11.8 Å². The molecule has 0 saturated carbocycles. The van der Waals surface area contributed by atoms with E-state index in [1.54, 1.807) is 36.4 Å². The molecule has 2 aromatic carbocycles. The lowest BCUT2D eigenvalue weighted by atomic mass is 10.2. The molecule has 0 aliphatic heterocycles. The first-order chi connectivity index (χ1) is 12.3. The smallest absolute Gasteiger partial charge is 0.244 e. The molecule has 26 heavy (non-hydrogen) atoms. The van der Waals surface area contributed by atoms with Crippen LogP contribution in [0.1, 0.15) is 20.8 Å². The summed E-state index contributed by atoms with van der Waals surface area (Å²) in [5, 5.41) is 3.49. The molecule has 138 valence electrons. The van der Waals surface area contributed by atoms with Crippen LogP contribution >= 0.6 is 23.2 Å². The van der Waals surface area contributed by atoms with Crippen LogP contribution in [0.25, 0.3) is 0 Å². The van der Waals surface area contributed by atoms with Crippen LogP contribution in [0, 0.1) is 0 Å². The van der Waals surface area contributed by atoms with E-state index in [0.29, 0.717) is 27.2 Å². The third-order valence-electron chi connectivity index (χ3n) is 3.41. The Hall–Kier alpha value is -2.24. The SMILES string of the molecule is CC(=O)N(CC(=O)Nc1ccc(Cl)cc1Cl)c1ccc(OC(C)C)cc1. The maximum Gasteiger partial charge on any atom is 0.244 e. The minimum Gasteiger partial charge on any atom is -0.491 e. The molecule has 0 saturated heterocycles. The third-order valence-corrected chi connectivity index (χ3v) is 3.96. The number of anilines is 2. The van der Waals surface area contributed by atoms with Crippen molar-refractivity contribution in [2.24, 2.45) is 0 Å². The van der Waals surface area contributed by atoms with Gasteiger partial charge in [0.05, 0.1) is 16.8 Å². The number of nitrogens with one attached hydrogen (secondary N) is 1. The van der Waals surface area contributed by atoms with Crippen molar-refractivity contribution in [3.8, 4) is 5.75 Å². The summed E-state index contributed by atoms with van der Waals surface area (Å²) in [6.45, 7) is 5.13. The summed E-state index contributed by atoms with van der Waals surface area (Å²) in [6.07, 6.45) is 0.0552. The summed E-state index contributed by atoms with van der Waals surface area (Å²) in [5.74, 6) is 0.0801. The Morgan fingerprint density at radius 2 is 1.77 bits per heavy atom. The zero-order chi connectivity index (χ0) is 19.3. The van der Waals surface area contributed by atoms with Gasteiger partial charge in [-0.05, 0) is 56.3 Å². The van der Waals surface area contributed by atoms with E-state index < -0.39 is 0 Å². The van der Waals surface area contributed by atoms with Gasteiger partial charge < -0.3 is 15.0 Å². The van der Waals surface area contributed by atoms with Crippen molar-refractivity contribution in [1.82, 2.24) is 0 Å². The Morgan fingerprint density at radius 1 is 1.12 bits per heavy atom. The highest BCUT2D eigenvalue weighted by Gasteiger charge is 2.17. The Morgan fingerprint density at radius 3 is 2.31 bits per heavy atom. The fourth-order valence-corrected chi connectivity index (χ4v) is 2.74. The van der Waals surface area contributed by atoms with E-state index >= 15 is 0 Å². The van der Waals surface area contributed by atoms with Crippen molar-refractivity contribution in [3.63, 3.8) is 0 Å². The van der Waals surface area contributed by atoms with Crippen LogP contribution in [0.15, 0.2) is 42.5 Å². The first-order valence-corrected chi connectivity index (χ1v) is 8.81. The Labute approximate surface area is 162 Å². The van der Waals surface area contributed by atoms with Crippen molar-refractivity contribution in [2.45, 2.75) is 26.9 Å². The fourth-order valence-electron chi connectivity index (χ4n) is 2.29. The highest BCUT2D eigenvalue weighted by Crippen LogP contribution is 2.26. The Kier molecular flexibility index (Phi) is 6.89. The van der Waals surface area contributed by atoms with Crippen LogP contribution in [-0.2, 0) is 9.59 Å². The zero-order valence-corrected chi connectivity index (χ0v) is 16.3. The number of halogens is 2. The van der Waals surface area contributed by atoms with Gasteiger partial charge in [-0.2, -0.15) is 0 Å². The molecule has 2 amide bonds. The minimum atomic E-state index is -0.369. The van der Waals surface area contributed by atoms with E-state index in [0.717, 1.165) is 0 Å². The van der Waals surface area contributed by atoms with Crippen LogP contribution in [-0.4, -0.2) is 24.5 Å². The first-order valence-electron chi connectivity index (χ1n) is 8.06. The van der Waals surface area contributed by atoms with Crippen molar-refractivity contribution in [3.05, 3.63) is 52.5 Å². The number of carbonyl (C=O) groups is 2. The van der Waals surface area contributed by atoms with Crippen LogP contribution in [0.5, 0.6) is 5.75 Å². The second-order valence-corrected chi connectivity index (χ2v) is 6.78. The van der Waals surface area contributed by atoms with Gasteiger partial charge in [-0.15, -0.1) is 0 Å². The van der Waals surface area contributed by atoms with Gasteiger partial charge in [0.15, 0.2) is 0 Å². The van der Waals surface area contributed by atoms with Gasteiger partial charge in [0.1, 0.15) is 12.3 Å². The molecule has 2 aromatic rings. The number of amides is 2. The Bertz CT molecular complexity index is 792. The summed E-state index contributed by atoms with van der Waals surface area (Å²) in [5.41, 5.74) is 1.04. The quantitative estimate of drug-likeness (QED) is 0.767.